The molecule has 0 unspecified atom stereocenters. The minimum absolute atomic E-state index is 0.256. The summed E-state index contributed by atoms with van der Waals surface area (Å²) in [5, 5.41) is 12.4. The average molecular weight is 371 g/mol. The SMILES string of the molecule is Cn1ccnc1[C@H](O)C1CCN(Cc2ccc3cccc(Cl)c3n2)CC1. The Hall–Kier alpha value is -1.95. The Morgan fingerprint density at radius 1 is 1.23 bits per heavy atom. The largest absolute Gasteiger partial charge is 0.385 e. The molecule has 3 aromatic rings. The molecule has 3 heterocycles. The zero-order valence-electron chi connectivity index (χ0n) is 14.8. The second kappa shape index (κ2) is 7.35. The maximum absolute atomic E-state index is 10.6. The van der Waals surface area contributed by atoms with Crippen molar-refractivity contribution in [3.8, 4) is 0 Å². The maximum atomic E-state index is 10.6. The van der Waals surface area contributed by atoms with Gasteiger partial charge in [-0.2, -0.15) is 0 Å². The number of nitrogens with zero attached hydrogens (tertiary/aromatic N) is 4. The standard InChI is InChI=1S/C20H23ClN4O/c1-24-12-9-22-20(24)19(26)15-7-10-25(11-8-15)13-16-6-5-14-3-2-4-17(21)18(14)23-16/h2-6,9,12,15,19,26H,7-8,10-11,13H2,1H3/t19-/m1/s1. The topological polar surface area (TPSA) is 54.2 Å². The van der Waals surface area contributed by atoms with Crippen LogP contribution < -0.4 is 0 Å². The van der Waals surface area contributed by atoms with Gasteiger partial charge in [0.15, 0.2) is 0 Å². The van der Waals surface area contributed by atoms with Gasteiger partial charge in [0.25, 0.3) is 0 Å². The van der Waals surface area contributed by atoms with Crippen LogP contribution in [-0.4, -0.2) is 37.6 Å². The van der Waals surface area contributed by atoms with Gasteiger partial charge in [-0.05, 0) is 44.0 Å². The molecule has 0 radical (unpaired) electrons. The quantitative estimate of drug-likeness (QED) is 0.762. The first-order valence-corrected chi connectivity index (χ1v) is 9.41. The van der Waals surface area contributed by atoms with Crippen LogP contribution in [0.4, 0.5) is 0 Å². The van der Waals surface area contributed by atoms with Crippen LogP contribution >= 0.6 is 11.6 Å². The molecule has 1 aromatic carbocycles. The summed E-state index contributed by atoms with van der Waals surface area (Å²) in [6.07, 6.45) is 5.05. The Bertz CT molecular complexity index is 902. The van der Waals surface area contributed by atoms with E-state index >= 15 is 0 Å². The van der Waals surface area contributed by atoms with Crippen molar-refractivity contribution in [1.29, 1.82) is 0 Å². The molecule has 1 atom stereocenters. The smallest absolute Gasteiger partial charge is 0.137 e. The molecule has 2 aromatic heterocycles. The van der Waals surface area contributed by atoms with Crippen molar-refractivity contribution in [3.63, 3.8) is 0 Å². The summed E-state index contributed by atoms with van der Waals surface area (Å²) in [6, 6.07) is 10.0. The highest BCUT2D eigenvalue weighted by Gasteiger charge is 2.28. The van der Waals surface area contributed by atoms with Crippen LogP contribution in [0.1, 0.15) is 30.5 Å². The average Bonchev–Trinajstić information content (AvgIpc) is 3.08. The second-order valence-corrected chi connectivity index (χ2v) is 7.48. The Kier molecular flexibility index (Phi) is 4.94. The lowest BCUT2D eigenvalue weighted by atomic mass is 9.90. The fraction of sp³-hybridized carbons (Fsp3) is 0.400. The molecule has 0 saturated carbocycles. The molecule has 1 saturated heterocycles. The molecule has 0 aliphatic carbocycles. The summed E-state index contributed by atoms with van der Waals surface area (Å²) in [4.78, 5) is 11.4. The minimum atomic E-state index is -0.491. The van der Waals surface area contributed by atoms with E-state index in [0.717, 1.165) is 54.9 Å². The third kappa shape index (κ3) is 3.47. The highest BCUT2D eigenvalue weighted by molar-refractivity contribution is 6.35. The fourth-order valence-electron chi connectivity index (χ4n) is 3.77. The Balaban J connectivity index is 1.39. The number of aromatic nitrogens is 3. The lowest BCUT2D eigenvalue weighted by Crippen LogP contribution is -2.35. The number of rotatable bonds is 4. The molecule has 0 spiro atoms. The van der Waals surface area contributed by atoms with Crippen molar-refractivity contribution < 1.29 is 5.11 Å². The van der Waals surface area contributed by atoms with Crippen LogP contribution in [0.15, 0.2) is 42.7 Å². The van der Waals surface area contributed by atoms with E-state index in [1.807, 2.05) is 36.0 Å². The number of pyridine rings is 1. The van der Waals surface area contributed by atoms with Crippen molar-refractivity contribution in [2.75, 3.05) is 13.1 Å². The van der Waals surface area contributed by atoms with E-state index in [1.165, 1.54) is 0 Å². The van der Waals surface area contributed by atoms with Crippen LogP contribution in [0.3, 0.4) is 0 Å². The number of fused-ring (bicyclic) bond motifs is 1. The molecule has 1 N–H and O–H groups in total. The van der Waals surface area contributed by atoms with Gasteiger partial charge in [0.05, 0.1) is 16.2 Å². The van der Waals surface area contributed by atoms with E-state index in [0.29, 0.717) is 5.02 Å². The molecular weight excluding hydrogens is 348 g/mol. The number of halogens is 1. The minimum Gasteiger partial charge on any atom is -0.385 e. The highest BCUT2D eigenvalue weighted by atomic mass is 35.5. The van der Waals surface area contributed by atoms with E-state index < -0.39 is 6.10 Å². The van der Waals surface area contributed by atoms with E-state index in [2.05, 4.69) is 22.0 Å². The highest BCUT2D eigenvalue weighted by Crippen LogP contribution is 2.30. The lowest BCUT2D eigenvalue weighted by Gasteiger charge is -2.33. The molecule has 1 aliphatic heterocycles. The van der Waals surface area contributed by atoms with Gasteiger partial charge in [-0.3, -0.25) is 4.90 Å². The number of imidazole rings is 1. The van der Waals surface area contributed by atoms with Crippen LogP contribution in [-0.2, 0) is 13.6 Å². The zero-order valence-corrected chi connectivity index (χ0v) is 15.6. The van der Waals surface area contributed by atoms with Gasteiger partial charge in [-0.1, -0.05) is 29.8 Å². The third-order valence-corrected chi connectivity index (χ3v) is 5.62. The van der Waals surface area contributed by atoms with E-state index in [4.69, 9.17) is 16.6 Å². The number of para-hydroxylation sites is 1. The Morgan fingerprint density at radius 2 is 2.04 bits per heavy atom. The van der Waals surface area contributed by atoms with E-state index in [-0.39, 0.29) is 5.92 Å². The third-order valence-electron chi connectivity index (χ3n) is 5.32. The van der Waals surface area contributed by atoms with Gasteiger partial charge in [0.2, 0.25) is 0 Å². The van der Waals surface area contributed by atoms with Gasteiger partial charge in [-0.25, -0.2) is 9.97 Å². The van der Waals surface area contributed by atoms with Crippen LogP contribution in [0, 0.1) is 5.92 Å². The number of aliphatic hydroxyl groups excluding tert-OH is 1. The summed E-state index contributed by atoms with van der Waals surface area (Å²) in [5.74, 6) is 1.01. The number of benzene rings is 1. The molecule has 1 aliphatic rings. The molecular formula is C20H23ClN4O. The van der Waals surface area contributed by atoms with Gasteiger partial charge < -0.3 is 9.67 Å². The molecule has 1 fully saturated rings. The van der Waals surface area contributed by atoms with Crippen LogP contribution in [0.25, 0.3) is 10.9 Å². The molecule has 4 rings (SSSR count). The van der Waals surface area contributed by atoms with Crippen molar-refractivity contribution in [1.82, 2.24) is 19.4 Å². The molecule has 26 heavy (non-hydrogen) atoms. The first-order chi connectivity index (χ1) is 12.6. The van der Waals surface area contributed by atoms with Crippen molar-refractivity contribution in [2.24, 2.45) is 13.0 Å². The van der Waals surface area contributed by atoms with E-state index in [1.54, 1.807) is 6.20 Å². The zero-order chi connectivity index (χ0) is 18.1. The molecule has 5 nitrogen and oxygen atoms in total. The number of likely N-dealkylation sites (tertiary alicyclic amines) is 1. The summed E-state index contributed by atoms with van der Waals surface area (Å²) < 4.78 is 1.90. The second-order valence-electron chi connectivity index (χ2n) is 7.07. The van der Waals surface area contributed by atoms with Crippen LogP contribution in [0.2, 0.25) is 5.02 Å². The number of hydrogen-bond acceptors (Lipinski definition) is 4. The van der Waals surface area contributed by atoms with Gasteiger partial charge in [0, 0.05) is 31.4 Å². The fourth-order valence-corrected chi connectivity index (χ4v) is 3.99. The first kappa shape index (κ1) is 17.5. The predicted molar refractivity (Wildman–Crippen MR) is 103 cm³/mol. The number of aryl methyl sites for hydroxylation is 1. The maximum Gasteiger partial charge on any atom is 0.137 e. The summed E-state index contributed by atoms with van der Waals surface area (Å²) in [7, 11) is 1.93. The Morgan fingerprint density at radius 3 is 2.77 bits per heavy atom. The number of hydrogen-bond donors (Lipinski definition) is 1. The van der Waals surface area contributed by atoms with Crippen molar-refractivity contribution in [2.45, 2.75) is 25.5 Å². The first-order valence-electron chi connectivity index (χ1n) is 9.03. The van der Waals surface area contributed by atoms with Crippen molar-refractivity contribution >= 4 is 22.5 Å². The van der Waals surface area contributed by atoms with Gasteiger partial charge in [-0.15, -0.1) is 0 Å². The van der Waals surface area contributed by atoms with Gasteiger partial charge in [0.1, 0.15) is 11.9 Å². The summed E-state index contributed by atoms with van der Waals surface area (Å²) in [6.45, 7) is 2.72. The molecule has 0 amide bonds. The number of aliphatic hydroxyl groups is 1. The predicted octanol–water partition coefficient (Wildman–Crippen LogP) is 3.57. The molecule has 0 bridgehead atoms. The van der Waals surface area contributed by atoms with Crippen molar-refractivity contribution in [3.05, 3.63) is 59.3 Å². The lowest BCUT2D eigenvalue weighted by molar-refractivity contribution is 0.0489. The monoisotopic (exact) mass is 370 g/mol. The van der Waals surface area contributed by atoms with Gasteiger partial charge >= 0.3 is 0 Å². The molecule has 136 valence electrons. The normalized spacial score (nSPS) is 17.7. The Labute approximate surface area is 158 Å². The number of piperidine rings is 1. The summed E-state index contributed by atoms with van der Waals surface area (Å²) >= 11 is 6.28. The summed E-state index contributed by atoms with van der Waals surface area (Å²) in [5.41, 5.74) is 1.90. The van der Waals surface area contributed by atoms with E-state index in [9.17, 15) is 5.11 Å². The van der Waals surface area contributed by atoms with Crippen LogP contribution in [0.5, 0.6) is 0 Å². The molecule has 6 heteroatoms.